The number of hydrogen-bond acceptors (Lipinski definition) is 4. The zero-order valence-corrected chi connectivity index (χ0v) is 17.5. The lowest BCUT2D eigenvalue weighted by molar-refractivity contribution is 0.0282. The molecule has 1 aromatic heterocycles. The van der Waals surface area contributed by atoms with Gasteiger partial charge in [0, 0.05) is 47.0 Å². The summed E-state index contributed by atoms with van der Waals surface area (Å²) in [4.78, 5) is 11.3. The van der Waals surface area contributed by atoms with Crippen LogP contribution in [-0.2, 0) is 13.0 Å². The third-order valence-corrected chi connectivity index (χ3v) is 6.07. The van der Waals surface area contributed by atoms with E-state index in [9.17, 15) is 9.50 Å². The Morgan fingerprint density at radius 3 is 2.50 bits per heavy atom. The molecule has 30 heavy (non-hydrogen) atoms. The number of nitrogens with zero attached hydrogens (tertiary/aromatic N) is 3. The summed E-state index contributed by atoms with van der Waals surface area (Å²) in [7, 11) is 0. The van der Waals surface area contributed by atoms with E-state index in [4.69, 9.17) is 11.6 Å². The minimum absolute atomic E-state index is 0.0455. The van der Waals surface area contributed by atoms with Crippen molar-refractivity contribution in [2.45, 2.75) is 25.8 Å². The van der Waals surface area contributed by atoms with Crippen molar-refractivity contribution in [1.82, 2.24) is 14.9 Å². The van der Waals surface area contributed by atoms with Crippen LogP contribution in [0.15, 0.2) is 60.9 Å². The molecule has 1 fully saturated rings. The predicted octanol–water partition coefficient (Wildman–Crippen LogP) is 4.75. The molecule has 156 valence electrons. The summed E-state index contributed by atoms with van der Waals surface area (Å²) in [5.41, 5.74) is 2.29. The van der Waals surface area contributed by atoms with E-state index in [1.807, 2.05) is 48.8 Å². The number of aliphatic hydroxyl groups is 1. The van der Waals surface area contributed by atoms with Crippen molar-refractivity contribution in [3.8, 4) is 11.4 Å². The van der Waals surface area contributed by atoms with E-state index >= 15 is 0 Å². The van der Waals surface area contributed by atoms with E-state index in [0.29, 0.717) is 29.4 Å². The van der Waals surface area contributed by atoms with Crippen LogP contribution in [-0.4, -0.2) is 39.7 Å². The van der Waals surface area contributed by atoms with Crippen LogP contribution < -0.4 is 0 Å². The Hall–Kier alpha value is -2.34. The summed E-state index contributed by atoms with van der Waals surface area (Å²) in [6.07, 6.45) is 6.10. The second-order valence-electron chi connectivity index (χ2n) is 8.16. The van der Waals surface area contributed by atoms with Gasteiger partial charge in [-0.1, -0.05) is 29.8 Å². The van der Waals surface area contributed by atoms with E-state index in [-0.39, 0.29) is 17.8 Å². The first-order valence-corrected chi connectivity index (χ1v) is 10.6. The smallest absolute Gasteiger partial charge is 0.159 e. The summed E-state index contributed by atoms with van der Waals surface area (Å²) in [5.74, 6) is 0.465. The Morgan fingerprint density at radius 1 is 1.07 bits per heavy atom. The van der Waals surface area contributed by atoms with Crippen molar-refractivity contribution >= 4 is 11.6 Å². The number of aromatic nitrogens is 2. The van der Waals surface area contributed by atoms with Gasteiger partial charge in [0.25, 0.3) is 0 Å². The molecule has 0 amide bonds. The molecule has 1 aliphatic heterocycles. The number of halogens is 2. The van der Waals surface area contributed by atoms with Crippen LogP contribution in [0.1, 0.15) is 24.0 Å². The lowest BCUT2D eigenvalue weighted by Gasteiger charge is -2.42. The molecule has 0 saturated carbocycles. The lowest BCUT2D eigenvalue weighted by Crippen LogP contribution is -2.46. The largest absolute Gasteiger partial charge is 0.396 e. The molecule has 1 saturated heterocycles. The molecule has 1 N–H and O–H groups in total. The number of likely N-dealkylation sites (tertiary alicyclic amines) is 1. The standard InChI is InChI=1S/C24H25ClFN3O/c25-21-8-6-19(7-9-21)23-27-13-18(14-28-23)15-29-11-3-10-24(16-29,17-30)12-20-4-1-2-5-22(20)26/h1-2,4-9,13-14,30H,3,10-12,15-17H2. The van der Waals surface area contributed by atoms with Crippen molar-refractivity contribution in [3.05, 3.63) is 82.9 Å². The molecule has 0 bridgehead atoms. The molecule has 6 heteroatoms. The minimum Gasteiger partial charge on any atom is -0.396 e. The van der Waals surface area contributed by atoms with Crippen molar-refractivity contribution in [3.63, 3.8) is 0 Å². The second kappa shape index (κ2) is 9.21. The fourth-order valence-corrected chi connectivity index (χ4v) is 4.39. The van der Waals surface area contributed by atoms with E-state index in [2.05, 4.69) is 14.9 Å². The Kier molecular flexibility index (Phi) is 6.42. The van der Waals surface area contributed by atoms with Crippen LogP contribution in [0.2, 0.25) is 5.02 Å². The number of aliphatic hydroxyl groups excluding tert-OH is 1. The minimum atomic E-state index is -0.329. The SMILES string of the molecule is OCC1(Cc2ccccc2F)CCCN(Cc2cnc(-c3ccc(Cl)cc3)nc2)C1. The van der Waals surface area contributed by atoms with Gasteiger partial charge in [0.2, 0.25) is 0 Å². The van der Waals surface area contributed by atoms with Crippen molar-refractivity contribution in [2.24, 2.45) is 5.41 Å². The van der Waals surface area contributed by atoms with Gasteiger partial charge in [-0.2, -0.15) is 0 Å². The van der Waals surface area contributed by atoms with Gasteiger partial charge in [0.1, 0.15) is 5.82 Å². The maximum Gasteiger partial charge on any atom is 0.159 e. The van der Waals surface area contributed by atoms with Crippen molar-refractivity contribution in [1.29, 1.82) is 0 Å². The Labute approximate surface area is 181 Å². The Morgan fingerprint density at radius 2 is 1.80 bits per heavy atom. The van der Waals surface area contributed by atoms with E-state index in [0.717, 1.165) is 37.1 Å². The highest BCUT2D eigenvalue weighted by atomic mass is 35.5. The molecule has 2 aromatic carbocycles. The normalized spacial score (nSPS) is 19.7. The average Bonchev–Trinajstić information content (AvgIpc) is 2.77. The predicted molar refractivity (Wildman–Crippen MR) is 117 cm³/mol. The van der Waals surface area contributed by atoms with E-state index in [1.165, 1.54) is 6.07 Å². The first-order valence-electron chi connectivity index (χ1n) is 10.2. The van der Waals surface area contributed by atoms with Gasteiger partial charge in [-0.05, 0) is 61.7 Å². The third-order valence-electron chi connectivity index (χ3n) is 5.81. The summed E-state index contributed by atoms with van der Waals surface area (Å²) < 4.78 is 14.2. The zero-order valence-electron chi connectivity index (χ0n) is 16.8. The first-order chi connectivity index (χ1) is 14.6. The van der Waals surface area contributed by atoms with Crippen LogP contribution in [0.4, 0.5) is 4.39 Å². The molecule has 4 rings (SSSR count). The fraction of sp³-hybridized carbons (Fsp3) is 0.333. The maximum absolute atomic E-state index is 14.2. The Bertz CT molecular complexity index is 981. The van der Waals surface area contributed by atoms with Crippen LogP contribution in [0.3, 0.4) is 0 Å². The van der Waals surface area contributed by atoms with Gasteiger partial charge in [-0.15, -0.1) is 0 Å². The molecular weight excluding hydrogens is 401 g/mol. The monoisotopic (exact) mass is 425 g/mol. The number of benzene rings is 2. The van der Waals surface area contributed by atoms with Crippen molar-refractivity contribution in [2.75, 3.05) is 19.7 Å². The molecule has 0 radical (unpaired) electrons. The van der Waals surface area contributed by atoms with Gasteiger partial charge in [0.15, 0.2) is 5.82 Å². The molecule has 1 aliphatic rings. The molecule has 1 unspecified atom stereocenters. The third kappa shape index (κ3) is 4.86. The van der Waals surface area contributed by atoms with Crippen LogP contribution in [0, 0.1) is 11.2 Å². The van der Waals surface area contributed by atoms with Gasteiger partial charge in [-0.3, -0.25) is 4.90 Å². The summed E-state index contributed by atoms with van der Waals surface area (Å²) >= 11 is 5.94. The number of hydrogen-bond donors (Lipinski definition) is 1. The molecule has 4 nitrogen and oxygen atoms in total. The lowest BCUT2D eigenvalue weighted by atomic mass is 9.75. The molecule has 1 atom stereocenters. The van der Waals surface area contributed by atoms with Gasteiger partial charge >= 0.3 is 0 Å². The molecule has 0 aliphatic carbocycles. The summed E-state index contributed by atoms with van der Waals surface area (Å²) in [6.45, 7) is 2.42. The molecule has 0 spiro atoms. The highest BCUT2D eigenvalue weighted by Gasteiger charge is 2.35. The second-order valence-corrected chi connectivity index (χ2v) is 8.60. The summed E-state index contributed by atoms with van der Waals surface area (Å²) in [6, 6.07) is 14.3. The molecule has 2 heterocycles. The van der Waals surface area contributed by atoms with Gasteiger partial charge in [-0.25, -0.2) is 14.4 Å². The highest BCUT2D eigenvalue weighted by Crippen LogP contribution is 2.34. The molecule has 3 aromatic rings. The highest BCUT2D eigenvalue weighted by molar-refractivity contribution is 6.30. The maximum atomic E-state index is 14.2. The number of piperidine rings is 1. The van der Waals surface area contributed by atoms with E-state index < -0.39 is 0 Å². The van der Waals surface area contributed by atoms with Crippen LogP contribution >= 0.6 is 11.6 Å². The average molecular weight is 426 g/mol. The van der Waals surface area contributed by atoms with Crippen LogP contribution in [0.5, 0.6) is 0 Å². The number of rotatable bonds is 6. The summed E-state index contributed by atoms with van der Waals surface area (Å²) in [5, 5.41) is 10.9. The first kappa shape index (κ1) is 20.9. The zero-order chi connectivity index (χ0) is 21.0. The van der Waals surface area contributed by atoms with Gasteiger partial charge in [0.05, 0.1) is 6.61 Å². The quantitative estimate of drug-likeness (QED) is 0.619. The van der Waals surface area contributed by atoms with Crippen LogP contribution in [0.25, 0.3) is 11.4 Å². The van der Waals surface area contributed by atoms with Crippen molar-refractivity contribution < 1.29 is 9.50 Å². The Balaban J connectivity index is 1.44. The molecular formula is C24H25ClFN3O. The topological polar surface area (TPSA) is 49.2 Å². The van der Waals surface area contributed by atoms with Gasteiger partial charge < -0.3 is 5.11 Å². The van der Waals surface area contributed by atoms with E-state index in [1.54, 1.807) is 6.07 Å². The fourth-order valence-electron chi connectivity index (χ4n) is 4.26.